The molecular weight excluding hydrogens is 338 g/mol. The Labute approximate surface area is 157 Å². The average Bonchev–Trinajstić information content (AvgIpc) is 3.13. The van der Waals surface area contributed by atoms with Gasteiger partial charge >= 0.3 is 0 Å². The first-order valence-electron chi connectivity index (χ1n) is 8.63. The average molecular weight is 357 g/mol. The second-order valence-corrected chi connectivity index (χ2v) is 6.15. The monoisotopic (exact) mass is 357 g/mol. The van der Waals surface area contributed by atoms with E-state index < -0.39 is 0 Å². The standard InChI is InChI=1S/C21H19N5O/c1-15-13-20(25-27-15)23-19-14-18(16-9-5-3-6-10-16)22-21(24-19)26(2)17-11-7-4-8-12-17/h3-14H,1-2H3,(H,22,23,24,25). The van der Waals surface area contributed by atoms with Crippen LogP contribution in [-0.4, -0.2) is 22.2 Å². The molecule has 4 aromatic rings. The number of nitrogens with one attached hydrogen (secondary N) is 1. The number of aryl methyl sites for hydroxylation is 1. The van der Waals surface area contributed by atoms with Crippen LogP contribution in [0.2, 0.25) is 0 Å². The Morgan fingerprint density at radius 2 is 1.56 bits per heavy atom. The molecule has 134 valence electrons. The summed E-state index contributed by atoms with van der Waals surface area (Å²) in [5.74, 6) is 2.58. The predicted molar refractivity (Wildman–Crippen MR) is 106 cm³/mol. The number of aromatic nitrogens is 3. The SMILES string of the molecule is Cc1cc(Nc2cc(-c3ccccc3)nc(N(C)c3ccccc3)n2)no1. The van der Waals surface area contributed by atoms with Crippen LogP contribution in [0.25, 0.3) is 11.3 Å². The zero-order valence-corrected chi connectivity index (χ0v) is 15.1. The molecule has 0 saturated carbocycles. The van der Waals surface area contributed by atoms with Gasteiger partial charge in [-0.25, -0.2) is 4.98 Å². The van der Waals surface area contributed by atoms with Gasteiger partial charge in [0.15, 0.2) is 5.82 Å². The lowest BCUT2D eigenvalue weighted by atomic mass is 10.1. The van der Waals surface area contributed by atoms with Gasteiger partial charge in [0.05, 0.1) is 5.69 Å². The van der Waals surface area contributed by atoms with E-state index in [1.54, 1.807) is 0 Å². The molecule has 1 N–H and O–H groups in total. The largest absolute Gasteiger partial charge is 0.360 e. The van der Waals surface area contributed by atoms with Gasteiger partial charge in [0.1, 0.15) is 11.6 Å². The van der Waals surface area contributed by atoms with Crippen molar-refractivity contribution in [3.8, 4) is 11.3 Å². The minimum absolute atomic E-state index is 0.588. The van der Waals surface area contributed by atoms with Crippen molar-refractivity contribution in [3.63, 3.8) is 0 Å². The fraction of sp³-hybridized carbons (Fsp3) is 0.0952. The normalized spacial score (nSPS) is 10.6. The van der Waals surface area contributed by atoms with Crippen LogP contribution >= 0.6 is 0 Å². The number of hydrogen-bond acceptors (Lipinski definition) is 6. The van der Waals surface area contributed by atoms with Gasteiger partial charge in [-0.1, -0.05) is 53.7 Å². The number of nitrogens with zero attached hydrogens (tertiary/aromatic N) is 4. The molecule has 0 aliphatic heterocycles. The van der Waals surface area contributed by atoms with E-state index in [2.05, 4.69) is 15.5 Å². The highest BCUT2D eigenvalue weighted by Crippen LogP contribution is 2.27. The van der Waals surface area contributed by atoms with E-state index in [0.717, 1.165) is 22.7 Å². The summed E-state index contributed by atoms with van der Waals surface area (Å²) in [7, 11) is 1.95. The van der Waals surface area contributed by atoms with Gasteiger partial charge < -0.3 is 14.7 Å². The molecule has 4 rings (SSSR count). The molecule has 2 aromatic heterocycles. The zero-order chi connectivity index (χ0) is 18.6. The van der Waals surface area contributed by atoms with E-state index in [9.17, 15) is 0 Å². The van der Waals surface area contributed by atoms with Gasteiger partial charge in [-0.05, 0) is 19.1 Å². The molecule has 0 amide bonds. The minimum Gasteiger partial charge on any atom is -0.360 e. The van der Waals surface area contributed by atoms with Crippen molar-refractivity contribution in [1.82, 2.24) is 15.1 Å². The Morgan fingerprint density at radius 1 is 0.852 bits per heavy atom. The summed E-state index contributed by atoms with van der Waals surface area (Å²) in [6, 6.07) is 23.8. The fourth-order valence-corrected chi connectivity index (χ4v) is 2.73. The summed E-state index contributed by atoms with van der Waals surface area (Å²) in [6.45, 7) is 1.85. The number of rotatable bonds is 5. The van der Waals surface area contributed by atoms with Gasteiger partial charge in [0.25, 0.3) is 0 Å². The van der Waals surface area contributed by atoms with E-state index in [-0.39, 0.29) is 0 Å². The third kappa shape index (κ3) is 3.79. The lowest BCUT2D eigenvalue weighted by molar-refractivity contribution is 0.400. The minimum atomic E-state index is 0.588. The van der Waals surface area contributed by atoms with Crippen molar-refractivity contribution in [3.05, 3.63) is 78.6 Å². The molecule has 0 saturated heterocycles. The topological polar surface area (TPSA) is 67.1 Å². The van der Waals surface area contributed by atoms with E-state index in [0.29, 0.717) is 17.6 Å². The second kappa shape index (κ2) is 7.29. The summed E-state index contributed by atoms with van der Waals surface area (Å²) >= 11 is 0. The van der Waals surface area contributed by atoms with Crippen molar-refractivity contribution in [2.75, 3.05) is 17.3 Å². The maximum Gasteiger partial charge on any atom is 0.232 e. The lowest BCUT2D eigenvalue weighted by Gasteiger charge is -2.19. The van der Waals surface area contributed by atoms with E-state index in [4.69, 9.17) is 9.51 Å². The molecule has 0 spiro atoms. The molecule has 6 nitrogen and oxygen atoms in total. The summed E-state index contributed by atoms with van der Waals surface area (Å²) in [5.41, 5.74) is 2.85. The molecule has 6 heteroatoms. The molecule has 0 aliphatic rings. The molecule has 2 aromatic carbocycles. The van der Waals surface area contributed by atoms with Crippen LogP contribution in [0.1, 0.15) is 5.76 Å². The molecule has 0 aliphatic carbocycles. The molecule has 0 unspecified atom stereocenters. The summed E-state index contributed by atoms with van der Waals surface area (Å²) < 4.78 is 5.13. The molecule has 0 bridgehead atoms. The van der Waals surface area contributed by atoms with Crippen LogP contribution in [0.15, 0.2) is 77.3 Å². The summed E-state index contributed by atoms with van der Waals surface area (Å²) in [4.78, 5) is 11.4. The van der Waals surface area contributed by atoms with Gasteiger partial charge in [-0.2, -0.15) is 4.98 Å². The van der Waals surface area contributed by atoms with E-state index in [1.807, 2.05) is 91.7 Å². The molecular formula is C21H19N5O. The molecule has 2 heterocycles. The Kier molecular flexibility index (Phi) is 4.53. The maximum absolute atomic E-state index is 5.13. The number of hydrogen-bond donors (Lipinski definition) is 1. The Bertz CT molecular complexity index is 1030. The number of para-hydroxylation sites is 1. The quantitative estimate of drug-likeness (QED) is 0.545. The van der Waals surface area contributed by atoms with Gasteiger partial charge in [-0.15, -0.1) is 0 Å². The van der Waals surface area contributed by atoms with Crippen LogP contribution in [0.4, 0.5) is 23.3 Å². The highest BCUT2D eigenvalue weighted by atomic mass is 16.5. The number of benzene rings is 2. The van der Waals surface area contributed by atoms with Gasteiger partial charge in [0.2, 0.25) is 5.95 Å². The smallest absolute Gasteiger partial charge is 0.232 e. The molecule has 0 radical (unpaired) electrons. The molecule has 0 atom stereocenters. The summed E-state index contributed by atoms with van der Waals surface area (Å²) in [6.07, 6.45) is 0. The van der Waals surface area contributed by atoms with Crippen molar-refractivity contribution < 1.29 is 4.52 Å². The Morgan fingerprint density at radius 3 is 2.22 bits per heavy atom. The first kappa shape index (κ1) is 16.8. The third-order valence-electron chi connectivity index (χ3n) is 4.11. The summed E-state index contributed by atoms with van der Waals surface area (Å²) in [5, 5.41) is 7.19. The third-order valence-corrected chi connectivity index (χ3v) is 4.11. The Hall–Kier alpha value is -3.67. The van der Waals surface area contributed by atoms with Crippen molar-refractivity contribution in [1.29, 1.82) is 0 Å². The van der Waals surface area contributed by atoms with Gasteiger partial charge in [0, 0.05) is 30.4 Å². The lowest BCUT2D eigenvalue weighted by Crippen LogP contribution is -2.14. The first-order valence-corrected chi connectivity index (χ1v) is 8.63. The van der Waals surface area contributed by atoms with Crippen LogP contribution in [0.5, 0.6) is 0 Å². The second-order valence-electron chi connectivity index (χ2n) is 6.15. The van der Waals surface area contributed by atoms with Crippen LogP contribution in [-0.2, 0) is 0 Å². The maximum atomic E-state index is 5.13. The zero-order valence-electron chi connectivity index (χ0n) is 15.1. The van der Waals surface area contributed by atoms with Crippen molar-refractivity contribution in [2.45, 2.75) is 6.92 Å². The van der Waals surface area contributed by atoms with Crippen LogP contribution < -0.4 is 10.2 Å². The predicted octanol–water partition coefficient (Wildman–Crippen LogP) is 4.95. The van der Waals surface area contributed by atoms with Crippen LogP contribution in [0, 0.1) is 6.92 Å². The van der Waals surface area contributed by atoms with Crippen molar-refractivity contribution >= 4 is 23.3 Å². The Balaban J connectivity index is 1.76. The highest BCUT2D eigenvalue weighted by molar-refractivity contribution is 5.68. The van der Waals surface area contributed by atoms with Crippen LogP contribution in [0.3, 0.4) is 0 Å². The number of anilines is 4. The molecule has 27 heavy (non-hydrogen) atoms. The molecule has 0 fully saturated rings. The van der Waals surface area contributed by atoms with E-state index >= 15 is 0 Å². The fourth-order valence-electron chi connectivity index (χ4n) is 2.73. The first-order chi connectivity index (χ1) is 13.2. The highest BCUT2D eigenvalue weighted by Gasteiger charge is 2.13. The van der Waals surface area contributed by atoms with E-state index in [1.165, 1.54) is 0 Å². The van der Waals surface area contributed by atoms with Crippen molar-refractivity contribution in [2.24, 2.45) is 0 Å². The van der Waals surface area contributed by atoms with Gasteiger partial charge in [-0.3, -0.25) is 0 Å².